The van der Waals surface area contributed by atoms with Gasteiger partial charge in [-0.3, -0.25) is 4.90 Å². The van der Waals surface area contributed by atoms with Crippen molar-refractivity contribution in [3.8, 4) is 0 Å². The second-order valence-corrected chi connectivity index (χ2v) is 6.38. The standard InChI is InChI=1S/C14H30N2O2/c1-6-15-14(5,11-17)9-12(2)16-7-8-18-13(3,4)10-16/h12,15,17H,6-11H2,1-5H3. The van der Waals surface area contributed by atoms with Crippen LogP contribution >= 0.6 is 0 Å². The molecule has 1 heterocycles. The van der Waals surface area contributed by atoms with Gasteiger partial charge in [-0.1, -0.05) is 6.92 Å². The fourth-order valence-corrected chi connectivity index (χ4v) is 2.83. The third-order valence-electron chi connectivity index (χ3n) is 3.78. The highest BCUT2D eigenvalue weighted by molar-refractivity contribution is 4.89. The molecule has 4 heteroatoms. The SMILES string of the molecule is CCNC(C)(CO)CC(C)N1CCOC(C)(C)C1. The predicted octanol–water partition coefficient (Wildman–Crippen LogP) is 1.24. The maximum atomic E-state index is 9.56. The molecule has 1 rings (SSSR count). The number of aliphatic hydroxyl groups excluding tert-OH is 1. The Morgan fingerprint density at radius 3 is 2.67 bits per heavy atom. The number of rotatable bonds is 6. The summed E-state index contributed by atoms with van der Waals surface area (Å²) in [7, 11) is 0. The topological polar surface area (TPSA) is 44.7 Å². The molecular formula is C14H30N2O2. The summed E-state index contributed by atoms with van der Waals surface area (Å²) in [5.41, 5.74) is -0.239. The molecule has 1 saturated heterocycles. The van der Waals surface area contributed by atoms with Crippen LogP contribution < -0.4 is 5.32 Å². The zero-order chi connectivity index (χ0) is 13.8. The number of morpholine rings is 1. The predicted molar refractivity (Wildman–Crippen MR) is 74.9 cm³/mol. The summed E-state index contributed by atoms with van der Waals surface area (Å²) in [6.45, 7) is 14.5. The second kappa shape index (κ2) is 6.33. The van der Waals surface area contributed by atoms with Crippen LogP contribution in [0.15, 0.2) is 0 Å². The van der Waals surface area contributed by atoms with E-state index in [1.54, 1.807) is 0 Å². The Balaban J connectivity index is 2.55. The molecule has 2 unspecified atom stereocenters. The fourth-order valence-electron chi connectivity index (χ4n) is 2.83. The minimum atomic E-state index is -0.184. The highest BCUT2D eigenvalue weighted by Crippen LogP contribution is 2.22. The van der Waals surface area contributed by atoms with Gasteiger partial charge in [0.1, 0.15) is 0 Å². The van der Waals surface area contributed by atoms with Gasteiger partial charge in [0.2, 0.25) is 0 Å². The van der Waals surface area contributed by atoms with Crippen molar-refractivity contribution in [1.82, 2.24) is 10.2 Å². The van der Waals surface area contributed by atoms with Crippen molar-refractivity contribution in [3.05, 3.63) is 0 Å². The Kier molecular flexibility index (Phi) is 5.59. The third kappa shape index (κ3) is 4.50. The highest BCUT2D eigenvalue weighted by Gasteiger charge is 2.33. The molecule has 0 aromatic carbocycles. The van der Waals surface area contributed by atoms with Gasteiger partial charge in [-0.2, -0.15) is 0 Å². The van der Waals surface area contributed by atoms with Crippen molar-refractivity contribution in [3.63, 3.8) is 0 Å². The fraction of sp³-hybridized carbons (Fsp3) is 1.00. The van der Waals surface area contributed by atoms with Crippen LogP contribution in [0.4, 0.5) is 0 Å². The van der Waals surface area contributed by atoms with E-state index < -0.39 is 0 Å². The van der Waals surface area contributed by atoms with E-state index >= 15 is 0 Å². The van der Waals surface area contributed by atoms with Gasteiger partial charge in [-0.05, 0) is 40.7 Å². The Hall–Kier alpha value is -0.160. The molecule has 4 nitrogen and oxygen atoms in total. The van der Waals surface area contributed by atoms with E-state index in [2.05, 4.69) is 44.8 Å². The van der Waals surface area contributed by atoms with Gasteiger partial charge in [0.25, 0.3) is 0 Å². The molecule has 1 aliphatic rings. The average molecular weight is 258 g/mol. The summed E-state index contributed by atoms with van der Waals surface area (Å²) in [6, 6.07) is 0.448. The number of hydrogen-bond donors (Lipinski definition) is 2. The van der Waals surface area contributed by atoms with E-state index in [9.17, 15) is 5.11 Å². The van der Waals surface area contributed by atoms with Crippen LogP contribution in [0.25, 0.3) is 0 Å². The Bertz CT molecular complexity index is 258. The minimum Gasteiger partial charge on any atom is -0.394 e. The van der Waals surface area contributed by atoms with Crippen LogP contribution in [0, 0.1) is 0 Å². The van der Waals surface area contributed by atoms with E-state index in [0.717, 1.165) is 32.7 Å². The summed E-state index contributed by atoms with van der Waals surface area (Å²) in [6.07, 6.45) is 0.952. The molecule has 18 heavy (non-hydrogen) atoms. The van der Waals surface area contributed by atoms with Crippen molar-refractivity contribution in [1.29, 1.82) is 0 Å². The number of ether oxygens (including phenoxy) is 1. The van der Waals surface area contributed by atoms with E-state index in [0.29, 0.717) is 6.04 Å². The quantitative estimate of drug-likeness (QED) is 0.752. The number of nitrogens with one attached hydrogen (secondary N) is 1. The molecule has 0 spiro atoms. The zero-order valence-electron chi connectivity index (χ0n) is 12.6. The normalized spacial score (nSPS) is 25.7. The molecule has 108 valence electrons. The molecule has 2 N–H and O–H groups in total. The average Bonchev–Trinajstić information content (AvgIpc) is 2.28. The lowest BCUT2D eigenvalue weighted by Crippen LogP contribution is -2.55. The van der Waals surface area contributed by atoms with Gasteiger partial charge in [0.15, 0.2) is 0 Å². The van der Waals surface area contributed by atoms with Crippen LogP contribution in [0.3, 0.4) is 0 Å². The molecule has 0 amide bonds. The van der Waals surface area contributed by atoms with Gasteiger partial charge in [-0.25, -0.2) is 0 Å². The molecule has 1 aliphatic heterocycles. The number of nitrogens with zero attached hydrogens (tertiary/aromatic N) is 1. The van der Waals surface area contributed by atoms with Crippen molar-refractivity contribution < 1.29 is 9.84 Å². The summed E-state index contributed by atoms with van der Waals surface area (Å²) in [4.78, 5) is 2.47. The van der Waals surface area contributed by atoms with Gasteiger partial charge in [-0.15, -0.1) is 0 Å². The maximum absolute atomic E-state index is 9.56. The van der Waals surface area contributed by atoms with Crippen LogP contribution in [-0.2, 0) is 4.74 Å². The van der Waals surface area contributed by atoms with Gasteiger partial charge >= 0.3 is 0 Å². The summed E-state index contributed by atoms with van der Waals surface area (Å²) >= 11 is 0. The molecule has 0 aliphatic carbocycles. The molecule has 0 aromatic heterocycles. The van der Waals surface area contributed by atoms with E-state index in [1.807, 2.05) is 0 Å². The molecular weight excluding hydrogens is 228 g/mol. The summed E-state index contributed by atoms with van der Waals surface area (Å²) in [5, 5.41) is 13.0. The van der Waals surface area contributed by atoms with Crippen LogP contribution in [0.2, 0.25) is 0 Å². The van der Waals surface area contributed by atoms with Gasteiger partial charge < -0.3 is 15.2 Å². The highest BCUT2D eigenvalue weighted by atomic mass is 16.5. The molecule has 0 aromatic rings. The van der Waals surface area contributed by atoms with Crippen molar-refractivity contribution in [2.75, 3.05) is 32.8 Å². The molecule has 2 atom stereocenters. The molecule has 0 saturated carbocycles. The van der Waals surface area contributed by atoms with E-state index in [4.69, 9.17) is 4.74 Å². The largest absolute Gasteiger partial charge is 0.394 e. The van der Waals surface area contributed by atoms with E-state index in [-0.39, 0.29) is 17.7 Å². The first-order chi connectivity index (χ1) is 8.32. The lowest BCUT2D eigenvalue weighted by molar-refractivity contribution is -0.0984. The number of likely N-dealkylation sites (N-methyl/N-ethyl adjacent to an activating group) is 1. The lowest BCUT2D eigenvalue weighted by atomic mass is 9.92. The minimum absolute atomic E-state index is 0.0552. The maximum Gasteiger partial charge on any atom is 0.0753 e. The first-order valence-corrected chi connectivity index (χ1v) is 7.06. The second-order valence-electron chi connectivity index (χ2n) is 6.38. The Labute approximate surface area is 112 Å². The summed E-state index contributed by atoms with van der Waals surface area (Å²) in [5.74, 6) is 0. The Morgan fingerprint density at radius 1 is 1.50 bits per heavy atom. The Morgan fingerprint density at radius 2 is 2.17 bits per heavy atom. The zero-order valence-corrected chi connectivity index (χ0v) is 12.6. The van der Waals surface area contributed by atoms with Crippen LogP contribution in [0.5, 0.6) is 0 Å². The van der Waals surface area contributed by atoms with Gasteiger partial charge in [0, 0.05) is 24.7 Å². The van der Waals surface area contributed by atoms with Crippen molar-refractivity contribution >= 4 is 0 Å². The number of aliphatic hydroxyl groups is 1. The van der Waals surface area contributed by atoms with Crippen molar-refractivity contribution in [2.24, 2.45) is 0 Å². The molecule has 1 fully saturated rings. The number of hydrogen-bond acceptors (Lipinski definition) is 4. The smallest absolute Gasteiger partial charge is 0.0753 e. The van der Waals surface area contributed by atoms with E-state index in [1.165, 1.54) is 0 Å². The monoisotopic (exact) mass is 258 g/mol. The van der Waals surface area contributed by atoms with Crippen LogP contribution in [-0.4, -0.2) is 60.0 Å². The molecule has 0 radical (unpaired) electrons. The molecule has 0 bridgehead atoms. The third-order valence-corrected chi connectivity index (χ3v) is 3.78. The first kappa shape index (κ1) is 15.9. The van der Waals surface area contributed by atoms with Crippen molar-refractivity contribution in [2.45, 2.75) is 58.2 Å². The first-order valence-electron chi connectivity index (χ1n) is 7.06. The lowest BCUT2D eigenvalue weighted by Gasteiger charge is -2.43. The summed E-state index contributed by atoms with van der Waals surface area (Å²) < 4.78 is 5.74. The van der Waals surface area contributed by atoms with Gasteiger partial charge in [0.05, 0.1) is 18.8 Å². The van der Waals surface area contributed by atoms with Crippen LogP contribution in [0.1, 0.15) is 41.0 Å².